The molecule has 0 bridgehead atoms. The van der Waals surface area contributed by atoms with Crippen LogP contribution >= 0.6 is 15.9 Å². The largest absolute Gasteiger partial charge is 0.494 e. The second-order valence-corrected chi connectivity index (χ2v) is 8.54. The SMILES string of the molecule is COc1cc(Br)cc2cnc(NC3CCN(C(=O)OC(C)(C)C)CC3)nc12. The summed E-state index contributed by atoms with van der Waals surface area (Å²) >= 11 is 3.46. The molecule has 1 N–H and O–H groups in total. The van der Waals surface area contributed by atoms with E-state index in [0.717, 1.165) is 28.2 Å². The maximum Gasteiger partial charge on any atom is 0.410 e. The number of aromatic nitrogens is 2. The van der Waals surface area contributed by atoms with Crippen molar-refractivity contribution in [2.75, 3.05) is 25.5 Å². The predicted molar refractivity (Wildman–Crippen MR) is 108 cm³/mol. The van der Waals surface area contributed by atoms with Crippen molar-refractivity contribution in [3.63, 3.8) is 0 Å². The number of likely N-dealkylation sites (tertiary alicyclic amines) is 1. The maximum absolute atomic E-state index is 12.2. The van der Waals surface area contributed by atoms with Gasteiger partial charge in [0.25, 0.3) is 0 Å². The van der Waals surface area contributed by atoms with E-state index >= 15 is 0 Å². The van der Waals surface area contributed by atoms with Crippen LogP contribution in [0.2, 0.25) is 0 Å². The molecule has 2 aromatic rings. The third-order valence-corrected chi connectivity index (χ3v) is 4.77. The van der Waals surface area contributed by atoms with E-state index in [-0.39, 0.29) is 12.1 Å². The Morgan fingerprint density at radius 3 is 2.63 bits per heavy atom. The van der Waals surface area contributed by atoms with E-state index in [2.05, 4.69) is 31.2 Å². The highest BCUT2D eigenvalue weighted by atomic mass is 79.9. The number of hydrogen-bond acceptors (Lipinski definition) is 6. The van der Waals surface area contributed by atoms with Crippen LogP contribution in [0.25, 0.3) is 10.9 Å². The van der Waals surface area contributed by atoms with Crippen LogP contribution in [0.5, 0.6) is 5.75 Å². The van der Waals surface area contributed by atoms with Gasteiger partial charge in [0.15, 0.2) is 0 Å². The molecule has 146 valence electrons. The summed E-state index contributed by atoms with van der Waals surface area (Å²) in [5.41, 5.74) is 0.295. The molecule has 1 fully saturated rings. The summed E-state index contributed by atoms with van der Waals surface area (Å²) in [7, 11) is 1.63. The minimum absolute atomic E-state index is 0.211. The Labute approximate surface area is 167 Å². The first-order valence-electron chi connectivity index (χ1n) is 9.00. The van der Waals surface area contributed by atoms with Crippen LogP contribution in [0.1, 0.15) is 33.6 Å². The number of piperidine rings is 1. The van der Waals surface area contributed by atoms with Gasteiger partial charge in [0.05, 0.1) is 7.11 Å². The average molecular weight is 437 g/mol. The average Bonchev–Trinajstić information content (AvgIpc) is 2.60. The molecule has 1 amide bonds. The van der Waals surface area contributed by atoms with E-state index in [1.165, 1.54) is 0 Å². The highest BCUT2D eigenvalue weighted by Gasteiger charge is 2.27. The number of nitrogens with zero attached hydrogens (tertiary/aromatic N) is 3. The van der Waals surface area contributed by atoms with Crippen molar-refractivity contribution in [3.8, 4) is 5.75 Å². The van der Waals surface area contributed by atoms with Gasteiger partial charge in [-0.3, -0.25) is 0 Å². The Balaban J connectivity index is 1.64. The molecular formula is C19H25BrN4O3. The molecular weight excluding hydrogens is 412 g/mol. The van der Waals surface area contributed by atoms with Crippen LogP contribution in [0.3, 0.4) is 0 Å². The van der Waals surface area contributed by atoms with Gasteiger partial charge in [0.1, 0.15) is 16.9 Å². The van der Waals surface area contributed by atoms with Gasteiger partial charge in [-0.1, -0.05) is 15.9 Å². The Morgan fingerprint density at radius 2 is 2.00 bits per heavy atom. The van der Waals surface area contributed by atoms with Crippen LogP contribution in [0.15, 0.2) is 22.8 Å². The monoisotopic (exact) mass is 436 g/mol. The van der Waals surface area contributed by atoms with Gasteiger partial charge in [-0.2, -0.15) is 0 Å². The first-order chi connectivity index (χ1) is 12.7. The van der Waals surface area contributed by atoms with Gasteiger partial charge in [0.2, 0.25) is 5.95 Å². The number of carbonyl (C=O) groups is 1. The summed E-state index contributed by atoms with van der Waals surface area (Å²) in [5.74, 6) is 1.27. The number of halogens is 1. The molecule has 1 saturated heterocycles. The van der Waals surface area contributed by atoms with E-state index in [0.29, 0.717) is 24.8 Å². The maximum atomic E-state index is 12.2. The summed E-state index contributed by atoms with van der Waals surface area (Å²) in [6.07, 6.45) is 3.17. The molecule has 1 aliphatic rings. The number of ether oxygens (including phenoxy) is 2. The van der Waals surface area contributed by atoms with E-state index < -0.39 is 5.60 Å². The number of benzene rings is 1. The number of fused-ring (bicyclic) bond motifs is 1. The van der Waals surface area contributed by atoms with Crippen LogP contribution in [-0.2, 0) is 4.74 Å². The van der Waals surface area contributed by atoms with Crippen LogP contribution in [0.4, 0.5) is 10.7 Å². The summed E-state index contributed by atoms with van der Waals surface area (Å²) in [6.45, 7) is 6.93. The Bertz CT molecular complexity index is 830. The highest BCUT2D eigenvalue weighted by Crippen LogP contribution is 2.29. The molecule has 0 aliphatic carbocycles. The van der Waals surface area contributed by atoms with Crippen molar-refractivity contribution >= 4 is 38.9 Å². The lowest BCUT2D eigenvalue weighted by molar-refractivity contribution is 0.0210. The molecule has 0 radical (unpaired) electrons. The van der Waals surface area contributed by atoms with Gasteiger partial charge < -0.3 is 19.7 Å². The van der Waals surface area contributed by atoms with Crippen LogP contribution in [-0.4, -0.2) is 52.8 Å². The van der Waals surface area contributed by atoms with E-state index in [1.54, 1.807) is 18.2 Å². The topological polar surface area (TPSA) is 76.6 Å². The molecule has 8 heteroatoms. The fraction of sp³-hybridized carbons (Fsp3) is 0.526. The lowest BCUT2D eigenvalue weighted by Crippen LogP contribution is -2.44. The molecule has 1 aliphatic heterocycles. The van der Waals surface area contributed by atoms with Gasteiger partial charge in [0, 0.05) is 35.2 Å². The lowest BCUT2D eigenvalue weighted by Gasteiger charge is -2.33. The molecule has 0 saturated carbocycles. The zero-order valence-corrected chi connectivity index (χ0v) is 17.7. The molecule has 27 heavy (non-hydrogen) atoms. The van der Waals surface area contributed by atoms with E-state index in [9.17, 15) is 4.79 Å². The number of carbonyl (C=O) groups excluding carboxylic acids is 1. The van der Waals surface area contributed by atoms with Crippen molar-refractivity contribution < 1.29 is 14.3 Å². The van der Waals surface area contributed by atoms with Crippen molar-refractivity contribution in [1.29, 1.82) is 0 Å². The van der Waals surface area contributed by atoms with Crippen molar-refractivity contribution in [1.82, 2.24) is 14.9 Å². The molecule has 1 aromatic carbocycles. The fourth-order valence-electron chi connectivity index (χ4n) is 3.02. The molecule has 0 atom stereocenters. The molecule has 2 heterocycles. The van der Waals surface area contributed by atoms with E-state index in [4.69, 9.17) is 9.47 Å². The highest BCUT2D eigenvalue weighted by molar-refractivity contribution is 9.10. The Hall–Kier alpha value is -2.09. The number of amides is 1. The second kappa shape index (κ2) is 7.88. The number of methoxy groups -OCH3 is 1. The molecule has 0 spiro atoms. The number of nitrogens with one attached hydrogen (secondary N) is 1. The van der Waals surface area contributed by atoms with Crippen molar-refractivity contribution in [3.05, 3.63) is 22.8 Å². The summed E-state index contributed by atoms with van der Waals surface area (Å²) in [5, 5.41) is 4.29. The summed E-state index contributed by atoms with van der Waals surface area (Å²) in [4.78, 5) is 22.9. The molecule has 1 aromatic heterocycles. The van der Waals surface area contributed by atoms with Gasteiger partial charge in [-0.05, 0) is 45.7 Å². The Morgan fingerprint density at radius 1 is 1.30 bits per heavy atom. The zero-order valence-electron chi connectivity index (χ0n) is 16.1. The first-order valence-corrected chi connectivity index (χ1v) is 9.79. The summed E-state index contributed by atoms with van der Waals surface area (Å²) < 4.78 is 11.8. The number of hydrogen-bond donors (Lipinski definition) is 1. The Kier molecular flexibility index (Phi) is 5.74. The predicted octanol–water partition coefficient (Wildman–Crippen LogP) is 4.21. The number of rotatable bonds is 3. The van der Waals surface area contributed by atoms with E-state index in [1.807, 2.05) is 32.9 Å². The van der Waals surface area contributed by atoms with Gasteiger partial charge >= 0.3 is 6.09 Å². The minimum atomic E-state index is -0.473. The van der Waals surface area contributed by atoms with Crippen LogP contribution in [0, 0.1) is 0 Å². The minimum Gasteiger partial charge on any atom is -0.494 e. The fourth-order valence-corrected chi connectivity index (χ4v) is 3.47. The number of anilines is 1. The lowest BCUT2D eigenvalue weighted by atomic mass is 10.1. The second-order valence-electron chi connectivity index (χ2n) is 7.63. The third-order valence-electron chi connectivity index (χ3n) is 4.31. The third kappa shape index (κ3) is 5.00. The molecule has 0 unspecified atom stereocenters. The zero-order chi connectivity index (χ0) is 19.6. The molecule has 3 rings (SSSR count). The van der Waals surface area contributed by atoms with Crippen LogP contribution < -0.4 is 10.1 Å². The summed E-state index contributed by atoms with van der Waals surface area (Å²) in [6, 6.07) is 4.06. The van der Waals surface area contributed by atoms with Crippen molar-refractivity contribution in [2.45, 2.75) is 45.3 Å². The van der Waals surface area contributed by atoms with Gasteiger partial charge in [-0.25, -0.2) is 14.8 Å². The quantitative estimate of drug-likeness (QED) is 0.775. The normalized spacial score (nSPS) is 15.7. The smallest absolute Gasteiger partial charge is 0.410 e. The first kappa shape index (κ1) is 19.7. The van der Waals surface area contributed by atoms with Gasteiger partial charge in [-0.15, -0.1) is 0 Å². The standard InChI is InChI=1S/C19H25BrN4O3/c1-19(2,3)27-18(25)24-7-5-14(6-8-24)22-17-21-11-12-9-13(20)10-15(26-4)16(12)23-17/h9-11,14H,5-8H2,1-4H3,(H,21,22,23). The molecule has 7 nitrogen and oxygen atoms in total. The van der Waals surface area contributed by atoms with Crippen molar-refractivity contribution in [2.24, 2.45) is 0 Å².